The molecule has 0 N–H and O–H groups in total. The van der Waals surface area contributed by atoms with Crippen LogP contribution in [0.2, 0.25) is 0 Å². The highest BCUT2D eigenvalue weighted by atomic mass is 32.2. The Morgan fingerprint density at radius 2 is 2.15 bits per heavy atom. The van der Waals surface area contributed by atoms with Crippen LogP contribution in [0.15, 0.2) is 24.3 Å². The highest BCUT2D eigenvalue weighted by Gasteiger charge is 2.34. The number of rotatable bonds is 3. The van der Waals surface area contributed by atoms with Gasteiger partial charge in [0.05, 0.1) is 7.11 Å². The predicted octanol–water partition coefficient (Wildman–Crippen LogP) is 1.98. The number of carbonyl (C=O) groups is 2. The maximum Gasteiger partial charge on any atom is 0.329 e. The van der Waals surface area contributed by atoms with E-state index in [1.165, 1.54) is 7.11 Å². The van der Waals surface area contributed by atoms with Crippen molar-refractivity contribution in [2.45, 2.75) is 19.4 Å². The van der Waals surface area contributed by atoms with E-state index in [0.717, 1.165) is 17.7 Å². The average molecular weight is 293 g/mol. The Balaban J connectivity index is 2.27. The molecule has 108 valence electrons. The third-order valence-corrected chi connectivity index (χ3v) is 4.51. The molecule has 0 radical (unpaired) electrons. The zero-order valence-electron chi connectivity index (χ0n) is 11.8. The molecule has 0 bridgehead atoms. The van der Waals surface area contributed by atoms with Crippen LogP contribution in [0.1, 0.15) is 22.8 Å². The number of hydrogen-bond donors (Lipinski definition) is 0. The third-order valence-electron chi connectivity index (χ3n) is 3.49. The molecule has 1 atom stereocenters. The van der Waals surface area contributed by atoms with Gasteiger partial charge >= 0.3 is 5.97 Å². The molecule has 1 aliphatic heterocycles. The molecule has 5 heteroatoms. The fourth-order valence-corrected chi connectivity index (χ4v) is 3.40. The van der Waals surface area contributed by atoms with Crippen molar-refractivity contribution in [1.29, 1.82) is 0 Å². The summed E-state index contributed by atoms with van der Waals surface area (Å²) in [5, 5.41) is 0. The maximum atomic E-state index is 12.7. The van der Waals surface area contributed by atoms with Crippen LogP contribution >= 0.6 is 11.8 Å². The summed E-state index contributed by atoms with van der Waals surface area (Å²) in [6, 6.07) is 7.10. The van der Waals surface area contributed by atoms with E-state index in [0.29, 0.717) is 17.9 Å². The normalized spacial score (nSPS) is 18.7. The first-order valence-electron chi connectivity index (χ1n) is 6.73. The van der Waals surface area contributed by atoms with Crippen LogP contribution in [0.3, 0.4) is 0 Å². The van der Waals surface area contributed by atoms with Gasteiger partial charge in [0.2, 0.25) is 0 Å². The van der Waals surface area contributed by atoms with Gasteiger partial charge in [0.15, 0.2) is 0 Å². The van der Waals surface area contributed by atoms with Gasteiger partial charge in [0.1, 0.15) is 6.04 Å². The molecular formula is C15H19NO3S. The van der Waals surface area contributed by atoms with Crippen LogP contribution < -0.4 is 0 Å². The Hall–Kier alpha value is -1.49. The molecule has 0 aliphatic carbocycles. The molecule has 1 saturated heterocycles. The van der Waals surface area contributed by atoms with E-state index in [9.17, 15) is 9.59 Å². The number of benzene rings is 1. The van der Waals surface area contributed by atoms with Gasteiger partial charge in [-0.05, 0) is 18.1 Å². The number of amides is 1. The molecule has 1 aromatic carbocycles. The number of carbonyl (C=O) groups excluding carboxylic acids is 2. The number of methoxy groups -OCH3 is 1. The molecule has 1 amide bonds. The van der Waals surface area contributed by atoms with Gasteiger partial charge in [0.25, 0.3) is 5.91 Å². The molecule has 1 fully saturated rings. The summed E-state index contributed by atoms with van der Waals surface area (Å²) in [5.74, 6) is 1.05. The maximum absolute atomic E-state index is 12.7. The molecule has 0 aromatic heterocycles. The third kappa shape index (κ3) is 2.98. The van der Waals surface area contributed by atoms with Crippen molar-refractivity contribution in [1.82, 2.24) is 4.90 Å². The van der Waals surface area contributed by atoms with Crippen LogP contribution in [0.4, 0.5) is 0 Å². The van der Waals surface area contributed by atoms with Gasteiger partial charge in [-0.2, -0.15) is 11.8 Å². The van der Waals surface area contributed by atoms with Crippen molar-refractivity contribution in [2.24, 2.45) is 0 Å². The van der Waals surface area contributed by atoms with Crippen LogP contribution in [0, 0.1) is 0 Å². The van der Waals surface area contributed by atoms with E-state index in [1.807, 2.05) is 31.2 Å². The quantitative estimate of drug-likeness (QED) is 0.800. The van der Waals surface area contributed by atoms with E-state index < -0.39 is 6.04 Å². The van der Waals surface area contributed by atoms with Crippen LogP contribution in [0.5, 0.6) is 0 Å². The highest BCUT2D eigenvalue weighted by molar-refractivity contribution is 7.99. The average Bonchev–Trinajstić information content (AvgIpc) is 2.53. The van der Waals surface area contributed by atoms with E-state index in [2.05, 4.69) is 0 Å². The Morgan fingerprint density at radius 1 is 1.40 bits per heavy atom. The lowest BCUT2D eigenvalue weighted by Crippen LogP contribution is -2.50. The Bertz CT molecular complexity index is 504. The number of ether oxygens (including phenoxy) is 1. The van der Waals surface area contributed by atoms with Gasteiger partial charge in [-0.3, -0.25) is 4.79 Å². The number of nitrogens with zero attached hydrogens (tertiary/aromatic N) is 1. The minimum atomic E-state index is -0.476. The molecule has 1 aromatic rings. The van der Waals surface area contributed by atoms with E-state index >= 15 is 0 Å². The lowest BCUT2D eigenvalue weighted by Gasteiger charge is -2.33. The topological polar surface area (TPSA) is 46.6 Å². The summed E-state index contributed by atoms with van der Waals surface area (Å²) in [6.45, 7) is 2.61. The fraction of sp³-hybridized carbons (Fsp3) is 0.467. The van der Waals surface area contributed by atoms with Crippen molar-refractivity contribution >= 4 is 23.6 Å². The Labute approximate surface area is 123 Å². The molecule has 1 unspecified atom stereocenters. The summed E-state index contributed by atoms with van der Waals surface area (Å²) in [6.07, 6.45) is 0.799. The SMILES string of the molecule is CCc1ccccc1C(=O)N1CCSCC1C(=O)OC. The van der Waals surface area contributed by atoms with Crippen molar-refractivity contribution < 1.29 is 14.3 Å². The summed E-state index contributed by atoms with van der Waals surface area (Å²) in [5.41, 5.74) is 1.70. The number of hydrogen-bond acceptors (Lipinski definition) is 4. The first-order chi connectivity index (χ1) is 9.69. The number of esters is 1. The number of thioether (sulfide) groups is 1. The lowest BCUT2D eigenvalue weighted by atomic mass is 10.0. The second-order valence-electron chi connectivity index (χ2n) is 4.62. The van der Waals surface area contributed by atoms with Gasteiger partial charge in [0, 0.05) is 23.6 Å². The van der Waals surface area contributed by atoms with E-state index in [4.69, 9.17) is 4.74 Å². The molecule has 0 spiro atoms. The van der Waals surface area contributed by atoms with E-state index in [-0.39, 0.29) is 11.9 Å². The summed E-state index contributed by atoms with van der Waals surface area (Å²) in [7, 11) is 1.37. The fourth-order valence-electron chi connectivity index (χ4n) is 2.37. The summed E-state index contributed by atoms with van der Waals surface area (Å²) >= 11 is 1.68. The molecule has 20 heavy (non-hydrogen) atoms. The highest BCUT2D eigenvalue weighted by Crippen LogP contribution is 2.21. The molecule has 0 saturated carbocycles. The molecule has 1 heterocycles. The monoisotopic (exact) mass is 293 g/mol. The van der Waals surface area contributed by atoms with E-state index in [1.54, 1.807) is 16.7 Å². The molecular weight excluding hydrogens is 274 g/mol. The Kier molecular flexibility index (Phi) is 5.06. The van der Waals surface area contributed by atoms with Gasteiger partial charge < -0.3 is 9.64 Å². The largest absolute Gasteiger partial charge is 0.467 e. The van der Waals surface area contributed by atoms with Crippen LogP contribution in [-0.2, 0) is 16.0 Å². The Morgan fingerprint density at radius 3 is 2.85 bits per heavy atom. The van der Waals surface area contributed by atoms with Gasteiger partial charge in [-0.25, -0.2) is 4.79 Å². The zero-order valence-corrected chi connectivity index (χ0v) is 12.6. The van der Waals surface area contributed by atoms with Gasteiger partial charge in [-0.1, -0.05) is 25.1 Å². The van der Waals surface area contributed by atoms with Crippen molar-refractivity contribution in [2.75, 3.05) is 25.2 Å². The van der Waals surface area contributed by atoms with Crippen molar-refractivity contribution in [3.8, 4) is 0 Å². The smallest absolute Gasteiger partial charge is 0.329 e. The van der Waals surface area contributed by atoms with Crippen LogP contribution in [-0.4, -0.2) is 48.0 Å². The molecule has 2 rings (SSSR count). The summed E-state index contributed by atoms with van der Waals surface area (Å²) in [4.78, 5) is 26.2. The second-order valence-corrected chi connectivity index (χ2v) is 5.77. The minimum Gasteiger partial charge on any atom is -0.467 e. The first kappa shape index (κ1) is 14.9. The lowest BCUT2D eigenvalue weighted by molar-refractivity contribution is -0.145. The van der Waals surface area contributed by atoms with Crippen molar-refractivity contribution in [3.63, 3.8) is 0 Å². The molecule has 4 nitrogen and oxygen atoms in total. The van der Waals surface area contributed by atoms with Crippen molar-refractivity contribution in [3.05, 3.63) is 35.4 Å². The second kappa shape index (κ2) is 6.79. The number of aryl methyl sites for hydroxylation is 1. The zero-order chi connectivity index (χ0) is 14.5. The molecule has 1 aliphatic rings. The minimum absolute atomic E-state index is 0.0712. The first-order valence-corrected chi connectivity index (χ1v) is 7.89. The van der Waals surface area contributed by atoms with Crippen LogP contribution in [0.25, 0.3) is 0 Å². The van der Waals surface area contributed by atoms with Gasteiger partial charge in [-0.15, -0.1) is 0 Å². The summed E-state index contributed by atoms with van der Waals surface area (Å²) < 4.78 is 4.82. The standard InChI is InChI=1S/C15H19NO3S/c1-3-11-6-4-5-7-12(11)14(17)16-8-9-20-10-13(16)15(18)19-2/h4-7,13H,3,8-10H2,1-2H3. The predicted molar refractivity (Wildman–Crippen MR) is 80.0 cm³/mol.